The second-order valence-corrected chi connectivity index (χ2v) is 8.55. The second-order valence-electron chi connectivity index (χ2n) is 8.55. The molecule has 0 aliphatic rings. The minimum absolute atomic E-state index is 0.382. The molecule has 0 saturated carbocycles. The molecular formula is C30H30O2. The second kappa shape index (κ2) is 9.74. The molecule has 4 rings (SSSR count). The number of rotatable bonds is 7. The molecule has 2 atom stereocenters. The summed E-state index contributed by atoms with van der Waals surface area (Å²) in [7, 11) is 0. The van der Waals surface area contributed by atoms with Gasteiger partial charge >= 0.3 is 0 Å². The molecule has 0 bridgehead atoms. The van der Waals surface area contributed by atoms with Gasteiger partial charge in [-0.25, -0.2) is 0 Å². The summed E-state index contributed by atoms with van der Waals surface area (Å²) < 4.78 is 11.9. The quantitative estimate of drug-likeness (QED) is 0.296. The van der Waals surface area contributed by atoms with Crippen molar-refractivity contribution in [3.05, 3.63) is 119 Å². The fourth-order valence-electron chi connectivity index (χ4n) is 3.74. The van der Waals surface area contributed by atoms with E-state index >= 15 is 0 Å². The van der Waals surface area contributed by atoms with E-state index in [4.69, 9.17) is 9.47 Å². The fourth-order valence-corrected chi connectivity index (χ4v) is 3.74. The first-order chi connectivity index (χ1) is 15.5. The summed E-state index contributed by atoms with van der Waals surface area (Å²) >= 11 is 0. The molecule has 0 heterocycles. The van der Waals surface area contributed by atoms with Crippen molar-refractivity contribution >= 4 is 0 Å². The third-order valence-corrected chi connectivity index (χ3v) is 6.08. The van der Waals surface area contributed by atoms with E-state index in [1.807, 2.05) is 24.3 Å². The standard InChI is InChI=1S/C30H30O2/c1-21-5-13-27(14-6-21)31-29-17-9-25(10-18-29)23(3)24(4)26-11-19-30(20-12-26)32-28-15-7-22(2)8-16-28/h5-20,23-24H,1-4H3. The first kappa shape index (κ1) is 21.7. The van der Waals surface area contributed by atoms with Gasteiger partial charge in [-0.15, -0.1) is 0 Å². The largest absolute Gasteiger partial charge is 0.457 e. The molecule has 0 N–H and O–H groups in total. The van der Waals surface area contributed by atoms with Gasteiger partial charge in [-0.2, -0.15) is 0 Å². The SMILES string of the molecule is Cc1ccc(Oc2ccc(C(C)C(C)c3ccc(Oc4ccc(C)cc4)cc3)cc2)cc1. The Morgan fingerprint density at radius 3 is 0.938 bits per heavy atom. The smallest absolute Gasteiger partial charge is 0.127 e. The molecule has 0 spiro atoms. The van der Waals surface area contributed by atoms with Gasteiger partial charge in [-0.05, 0) is 85.3 Å². The van der Waals surface area contributed by atoms with Crippen LogP contribution in [0.3, 0.4) is 0 Å². The lowest BCUT2D eigenvalue weighted by Crippen LogP contribution is -2.04. The van der Waals surface area contributed by atoms with Crippen LogP contribution in [0.25, 0.3) is 0 Å². The van der Waals surface area contributed by atoms with E-state index in [1.54, 1.807) is 0 Å². The summed E-state index contributed by atoms with van der Waals surface area (Å²) in [6, 6.07) is 33.1. The maximum atomic E-state index is 5.97. The molecule has 0 aromatic heterocycles. The Bertz CT molecular complexity index is 1030. The predicted octanol–water partition coefficient (Wildman–Crippen LogP) is 8.80. The molecule has 32 heavy (non-hydrogen) atoms. The van der Waals surface area contributed by atoms with Crippen molar-refractivity contribution in [2.45, 2.75) is 39.5 Å². The van der Waals surface area contributed by atoms with Gasteiger partial charge < -0.3 is 9.47 Å². The molecule has 162 valence electrons. The molecule has 0 amide bonds. The zero-order valence-electron chi connectivity index (χ0n) is 19.2. The number of aryl methyl sites for hydroxylation is 2. The number of hydrogen-bond donors (Lipinski definition) is 0. The average Bonchev–Trinajstić information content (AvgIpc) is 2.82. The van der Waals surface area contributed by atoms with E-state index in [2.05, 4.69) is 100 Å². The highest BCUT2D eigenvalue weighted by atomic mass is 16.5. The summed E-state index contributed by atoms with van der Waals surface area (Å²) in [5.41, 5.74) is 5.05. The van der Waals surface area contributed by atoms with Crippen LogP contribution in [0.4, 0.5) is 0 Å². The van der Waals surface area contributed by atoms with Crippen LogP contribution < -0.4 is 9.47 Å². The van der Waals surface area contributed by atoms with Crippen LogP contribution >= 0.6 is 0 Å². The zero-order valence-corrected chi connectivity index (χ0v) is 19.2. The van der Waals surface area contributed by atoms with Gasteiger partial charge in [0.05, 0.1) is 0 Å². The zero-order chi connectivity index (χ0) is 22.5. The minimum atomic E-state index is 0.382. The Labute approximate surface area is 191 Å². The Balaban J connectivity index is 1.39. The van der Waals surface area contributed by atoms with Gasteiger partial charge in [0.25, 0.3) is 0 Å². The summed E-state index contributed by atoms with van der Waals surface area (Å²) in [6.07, 6.45) is 0. The molecule has 0 radical (unpaired) electrons. The first-order valence-electron chi connectivity index (χ1n) is 11.2. The maximum absolute atomic E-state index is 5.97. The van der Waals surface area contributed by atoms with E-state index in [0.29, 0.717) is 11.8 Å². The number of benzene rings is 4. The highest BCUT2D eigenvalue weighted by molar-refractivity contribution is 5.38. The van der Waals surface area contributed by atoms with Crippen molar-refractivity contribution in [2.75, 3.05) is 0 Å². The van der Waals surface area contributed by atoms with Crippen molar-refractivity contribution in [1.82, 2.24) is 0 Å². The fraction of sp³-hybridized carbons (Fsp3) is 0.200. The average molecular weight is 423 g/mol. The van der Waals surface area contributed by atoms with Crippen molar-refractivity contribution in [2.24, 2.45) is 0 Å². The molecule has 0 aliphatic carbocycles. The molecular weight excluding hydrogens is 392 g/mol. The molecule has 4 aromatic carbocycles. The van der Waals surface area contributed by atoms with E-state index in [1.165, 1.54) is 22.3 Å². The van der Waals surface area contributed by atoms with Crippen LogP contribution in [-0.4, -0.2) is 0 Å². The Morgan fingerprint density at radius 2 is 0.656 bits per heavy atom. The summed E-state index contributed by atoms with van der Waals surface area (Å²) in [6.45, 7) is 8.70. The van der Waals surface area contributed by atoms with Crippen LogP contribution in [-0.2, 0) is 0 Å². The third kappa shape index (κ3) is 5.39. The molecule has 0 fully saturated rings. The normalized spacial score (nSPS) is 12.8. The lowest BCUT2D eigenvalue weighted by atomic mass is 9.84. The highest BCUT2D eigenvalue weighted by Crippen LogP contribution is 2.34. The van der Waals surface area contributed by atoms with E-state index in [9.17, 15) is 0 Å². The van der Waals surface area contributed by atoms with Crippen LogP contribution in [0.15, 0.2) is 97.1 Å². The summed E-state index contributed by atoms with van der Waals surface area (Å²) in [5.74, 6) is 4.19. The molecule has 2 heteroatoms. The Hall–Kier alpha value is -3.52. The van der Waals surface area contributed by atoms with Gasteiger partial charge in [0.2, 0.25) is 0 Å². The lowest BCUT2D eigenvalue weighted by Gasteiger charge is -2.21. The summed E-state index contributed by atoms with van der Waals surface area (Å²) in [5, 5.41) is 0. The van der Waals surface area contributed by atoms with Crippen molar-refractivity contribution in [3.8, 4) is 23.0 Å². The monoisotopic (exact) mass is 422 g/mol. The number of hydrogen-bond acceptors (Lipinski definition) is 2. The van der Waals surface area contributed by atoms with E-state index < -0.39 is 0 Å². The molecule has 4 aromatic rings. The highest BCUT2D eigenvalue weighted by Gasteiger charge is 2.16. The number of ether oxygens (including phenoxy) is 2. The van der Waals surface area contributed by atoms with Crippen LogP contribution in [0.1, 0.15) is 47.9 Å². The van der Waals surface area contributed by atoms with E-state index in [-0.39, 0.29) is 0 Å². The van der Waals surface area contributed by atoms with Crippen LogP contribution in [0, 0.1) is 13.8 Å². The molecule has 0 aliphatic heterocycles. The lowest BCUT2D eigenvalue weighted by molar-refractivity contribution is 0.481. The molecule has 2 nitrogen and oxygen atoms in total. The topological polar surface area (TPSA) is 18.5 Å². The van der Waals surface area contributed by atoms with Crippen molar-refractivity contribution < 1.29 is 9.47 Å². The van der Waals surface area contributed by atoms with Gasteiger partial charge in [-0.1, -0.05) is 73.5 Å². The Morgan fingerprint density at radius 1 is 0.406 bits per heavy atom. The molecule has 0 saturated heterocycles. The van der Waals surface area contributed by atoms with Gasteiger partial charge in [0.15, 0.2) is 0 Å². The first-order valence-corrected chi connectivity index (χ1v) is 11.2. The predicted molar refractivity (Wildman–Crippen MR) is 132 cm³/mol. The molecule has 2 unspecified atom stereocenters. The van der Waals surface area contributed by atoms with Crippen molar-refractivity contribution in [3.63, 3.8) is 0 Å². The van der Waals surface area contributed by atoms with Gasteiger partial charge in [0.1, 0.15) is 23.0 Å². The maximum Gasteiger partial charge on any atom is 0.127 e. The third-order valence-electron chi connectivity index (χ3n) is 6.08. The van der Waals surface area contributed by atoms with Crippen LogP contribution in [0.5, 0.6) is 23.0 Å². The van der Waals surface area contributed by atoms with Gasteiger partial charge in [-0.3, -0.25) is 0 Å². The minimum Gasteiger partial charge on any atom is -0.457 e. The van der Waals surface area contributed by atoms with Crippen LogP contribution in [0.2, 0.25) is 0 Å². The van der Waals surface area contributed by atoms with Crippen molar-refractivity contribution in [1.29, 1.82) is 0 Å². The summed E-state index contributed by atoms with van der Waals surface area (Å²) in [4.78, 5) is 0. The Kier molecular flexibility index (Phi) is 6.61. The van der Waals surface area contributed by atoms with E-state index in [0.717, 1.165) is 23.0 Å². The van der Waals surface area contributed by atoms with Gasteiger partial charge in [0, 0.05) is 0 Å².